The predicted molar refractivity (Wildman–Crippen MR) is 225 cm³/mol. The van der Waals surface area contributed by atoms with E-state index in [9.17, 15) is 14.9 Å². The van der Waals surface area contributed by atoms with Crippen LogP contribution in [0.5, 0.6) is 0 Å². The van der Waals surface area contributed by atoms with E-state index < -0.39 is 28.6 Å². The molecule has 0 aliphatic heterocycles. The molecule has 0 bridgehead atoms. The Balaban J connectivity index is 1.24. The van der Waals surface area contributed by atoms with Crippen molar-refractivity contribution in [1.29, 1.82) is 5.26 Å². The van der Waals surface area contributed by atoms with Crippen LogP contribution in [-0.2, 0) is 23.2 Å². The van der Waals surface area contributed by atoms with Crippen molar-refractivity contribution in [1.82, 2.24) is 0 Å². The Morgan fingerprint density at radius 2 is 0.964 bits per heavy atom. The normalized spacial score (nSPS) is 11.7. The van der Waals surface area contributed by atoms with E-state index in [1.165, 1.54) is 12.2 Å². The summed E-state index contributed by atoms with van der Waals surface area (Å²) in [5, 5.41) is 9.74. The minimum Gasteiger partial charge on any atom is -0.471 e. The lowest BCUT2D eigenvalue weighted by atomic mass is 9.97. The van der Waals surface area contributed by atoms with E-state index in [-0.39, 0.29) is 24.5 Å². The number of benzene rings is 4. The molecule has 0 aliphatic carbocycles. The Labute approximate surface area is 328 Å². The van der Waals surface area contributed by atoms with Crippen molar-refractivity contribution < 1.29 is 23.2 Å². The van der Waals surface area contributed by atoms with Crippen LogP contribution in [0.4, 0.5) is 0 Å². The molecule has 280 valence electrons. The van der Waals surface area contributed by atoms with Gasteiger partial charge in [0.05, 0.1) is 19.8 Å². The van der Waals surface area contributed by atoms with Gasteiger partial charge in [-0.2, -0.15) is 5.26 Å². The van der Waals surface area contributed by atoms with Crippen molar-refractivity contribution in [3.05, 3.63) is 191 Å². The average Bonchev–Trinajstić information content (AvgIpc) is 3.19. The van der Waals surface area contributed by atoms with E-state index in [0.29, 0.717) is 12.8 Å². The summed E-state index contributed by atoms with van der Waals surface area (Å²) < 4.78 is 17.8. The lowest BCUT2D eigenvalue weighted by Gasteiger charge is -2.34. The van der Waals surface area contributed by atoms with Gasteiger partial charge in [-0.15, -0.1) is 0 Å². The smallest absolute Gasteiger partial charge is 0.348 e. The van der Waals surface area contributed by atoms with Gasteiger partial charge in [0.15, 0.2) is 16.6 Å². The number of allylic oxidation sites excluding steroid dienone is 4. The molecule has 0 radical (unpaired) electrons. The highest BCUT2D eigenvalue weighted by molar-refractivity contribution is 6.84. The van der Waals surface area contributed by atoms with Crippen molar-refractivity contribution in [3.8, 4) is 6.07 Å². The Morgan fingerprint density at radius 3 is 1.33 bits per heavy atom. The van der Waals surface area contributed by atoms with Crippen LogP contribution in [0.25, 0.3) is 16.0 Å². The topological polar surface area (TPSA) is 90.0 Å². The first-order chi connectivity index (χ1) is 26.5. The summed E-state index contributed by atoms with van der Waals surface area (Å²) in [6.45, 7) is 16.6. The summed E-state index contributed by atoms with van der Waals surface area (Å²) >= 11 is 0. The van der Waals surface area contributed by atoms with Gasteiger partial charge < -0.3 is 13.6 Å². The van der Waals surface area contributed by atoms with Gasteiger partial charge in [0.25, 0.3) is 5.70 Å². The fourth-order valence-corrected chi connectivity index (χ4v) is 14.9. The average molecular weight is 765 g/mol. The van der Waals surface area contributed by atoms with E-state index in [1.807, 2.05) is 127 Å². The third-order valence-electron chi connectivity index (χ3n) is 8.70. The molecule has 55 heavy (non-hydrogen) atoms. The molecule has 0 saturated carbocycles. The van der Waals surface area contributed by atoms with Crippen LogP contribution >= 0.6 is 0 Å². The summed E-state index contributed by atoms with van der Waals surface area (Å²) in [4.78, 5) is 29.1. The number of carbonyl (C=O) groups excluding carboxylic acids is 2. The van der Waals surface area contributed by atoms with Crippen LogP contribution in [0.3, 0.4) is 0 Å². The van der Waals surface area contributed by atoms with Crippen LogP contribution < -0.4 is 0 Å². The Kier molecular flexibility index (Phi) is 16.1. The number of hydrogen-bond donors (Lipinski definition) is 0. The van der Waals surface area contributed by atoms with E-state index in [1.54, 1.807) is 12.2 Å². The van der Waals surface area contributed by atoms with E-state index >= 15 is 0 Å². The quantitative estimate of drug-likeness (QED) is 0.0191. The van der Waals surface area contributed by atoms with E-state index in [0.717, 1.165) is 45.5 Å². The highest BCUT2D eigenvalue weighted by Gasteiger charge is 2.32. The third kappa shape index (κ3) is 13.8. The summed E-state index contributed by atoms with van der Waals surface area (Å²) in [6.07, 6.45) is 7.88. The Morgan fingerprint density at radius 1 is 0.600 bits per heavy atom. The van der Waals surface area contributed by atoms with Crippen molar-refractivity contribution in [2.75, 3.05) is 13.2 Å². The zero-order valence-electron chi connectivity index (χ0n) is 32.0. The molecule has 0 amide bonds. The molecule has 7 nitrogen and oxygen atoms in total. The first kappa shape index (κ1) is 41.9. The van der Waals surface area contributed by atoms with Crippen LogP contribution in [0.2, 0.25) is 38.3 Å². The highest BCUT2D eigenvalue weighted by Crippen LogP contribution is 2.26. The van der Waals surface area contributed by atoms with Gasteiger partial charge in [0, 0.05) is 0 Å². The summed E-state index contributed by atoms with van der Waals surface area (Å²) in [5.41, 5.74) is 5.56. The maximum absolute atomic E-state index is 12.8. The molecule has 4 aromatic carbocycles. The van der Waals surface area contributed by atoms with Crippen LogP contribution in [-0.4, -0.2) is 41.8 Å². The number of rotatable bonds is 18. The van der Waals surface area contributed by atoms with Gasteiger partial charge in [0.2, 0.25) is 0 Å². The van der Waals surface area contributed by atoms with Crippen molar-refractivity contribution in [3.63, 3.8) is 0 Å². The SMILES string of the molecule is [C-]#[N+]/C(=C\C=C(c1ccccc1)c1ccccc1)C(=O)OCCC[Si](C)(C)O[Si](C)(C)CCCOC(=O)/C(C#N)=C/C=C(c1ccccc1)c1ccccc1. The van der Waals surface area contributed by atoms with Crippen molar-refractivity contribution >= 4 is 39.7 Å². The first-order valence-corrected chi connectivity index (χ1v) is 24.6. The van der Waals surface area contributed by atoms with Crippen molar-refractivity contribution in [2.24, 2.45) is 0 Å². The molecular formula is C46H48N2O5Si2. The Bertz CT molecular complexity index is 1840. The second-order valence-electron chi connectivity index (χ2n) is 14.1. The minimum absolute atomic E-state index is 0.0639. The number of nitrogens with zero attached hydrogens (tertiary/aromatic N) is 2. The zero-order valence-corrected chi connectivity index (χ0v) is 34.0. The van der Waals surface area contributed by atoms with Crippen molar-refractivity contribution in [2.45, 2.75) is 51.1 Å². The molecule has 0 N–H and O–H groups in total. The number of hydrogen-bond acceptors (Lipinski definition) is 6. The molecule has 0 spiro atoms. The largest absolute Gasteiger partial charge is 0.471 e. The monoisotopic (exact) mass is 764 g/mol. The first-order valence-electron chi connectivity index (χ1n) is 18.4. The number of carbonyl (C=O) groups is 2. The van der Waals surface area contributed by atoms with Gasteiger partial charge in [-0.25, -0.2) is 9.64 Å². The molecule has 0 aliphatic rings. The van der Waals surface area contributed by atoms with Gasteiger partial charge in [-0.3, -0.25) is 4.79 Å². The molecule has 0 fully saturated rings. The molecule has 0 aromatic heterocycles. The Hall–Kier alpha value is -5.85. The lowest BCUT2D eigenvalue weighted by molar-refractivity contribution is -0.139. The van der Waals surface area contributed by atoms with Crippen LogP contribution in [0, 0.1) is 17.9 Å². The number of nitriles is 1. The van der Waals surface area contributed by atoms with Crippen LogP contribution in [0.15, 0.2) is 157 Å². The molecule has 0 heterocycles. The third-order valence-corrected chi connectivity index (χ3v) is 16.2. The number of ether oxygens (including phenoxy) is 2. The maximum atomic E-state index is 12.8. The lowest BCUT2D eigenvalue weighted by Crippen LogP contribution is -2.44. The predicted octanol–water partition coefficient (Wildman–Crippen LogP) is 10.8. The van der Waals surface area contributed by atoms with E-state index in [2.05, 4.69) is 31.0 Å². The maximum Gasteiger partial charge on any atom is 0.348 e. The summed E-state index contributed by atoms with van der Waals surface area (Å²) in [7, 11) is -4.23. The fraction of sp³-hybridized carbons (Fsp3) is 0.217. The second-order valence-corrected chi connectivity index (χ2v) is 22.9. The standard InChI is InChI=1S/C46H48N2O5Si2/c1-48-44(31-30-43(39-24-14-8-15-25-39)40-26-16-9-17-27-40)46(50)52-33-19-35-55(4,5)53-54(2,3)34-18-32-51-45(49)41(36-47)28-29-42(37-20-10-6-11-21-37)38-22-12-7-13-23-38/h6-17,20-31H,18-19,32-35H2,2-5H3/b41-28+,44-31-. The summed E-state index contributed by atoms with van der Waals surface area (Å²) in [5.74, 6) is -1.29. The zero-order chi connectivity index (χ0) is 39.5. The molecule has 9 heteroatoms. The van der Waals surface area contributed by atoms with Gasteiger partial charge in [-0.1, -0.05) is 133 Å². The van der Waals surface area contributed by atoms with Crippen LogP contribution in [0.1, 0.15) is 35.1 Å². The molecule has 0 saturated heterocycles. The molecule has 4 aromatic rings. The van der Waals surface area contributed by atoms with Gasteiger partial charge >= 0.3 is 11.9 Å². The molecular weight excluding hydrogens is 717 g/mol. The molecule has 0 unspecified atom stereocenters. The number of esters is 2. The van der Waals surface area contributed by atoms with Gasteiger partial charge in [-0.05, 0) is 96.7 Å². The highest BCUT2D eigenvalue weighted by atomic mass is 28.4. The fourth-order valence-electron chi connectivity index (χ4n) is 6.15. The molecule has 0 atom stereocenters. The molecule has 4 rings (SSSR count). The van der Waals surface area contributed by atoms with Gasteiger partial charge in [0.1, 0.15) is 11.6 Å². The second kappa shape index (κ2) is 21.1. The minimum atomic E-state index is -2.12. The summed E-state index contributed by atoms with van der Waals surface area (Å²) in [6, 6.07) is 42.9. The van der Waals surface area contributed by atoms with E-state index in [4.69, 9.17) is 20.2 Å².